The number of aryl methyl sites for hydroxylation is 1. The van der Waals surface area contributed by atoms with Crippen LogP contribution in [0.4, 0.5) is 18.9 Å². The fourth-order valence-electron chi connectivity index (χ4n) is 2.42. The normalized spacial score (nSPS) is 11.9. The molecule has 2 rings (SSSR count). The van der Waals surface area contributed by atoms with Crippen LogP contribution in [0.5, 0.6) is 0 Å². The number of hydrogen-bond acceptors (Lipinski definition) is 4. The second-order valence-corrected chi connectivity index (χ2v) is 8.14. The fourth-order valence-corrected chi connectivity index (χ4v) is 3.70. The molecule has 6 nitrogen and oxygen atoms in total. The summed E-state index contributed by atoms with van der Waals surface area (Å²) in [5.41, 5.74) is -1.32. The number of carbonyl (C=O) groups is 1. The van der Waals surface area contributed by atoms with Crippen molar-refractivity contribution in [2.75, 3.05) is 25.0 Å². The molecule has 0 aliphatic heterocycles. The van der Waals surface area contributed by atoms with E-state index in [4.69, 9.17) is 16.3 Å². The third kappa shape index (κ3) is 5.84. The van der Waals surface area contributed by atoms with Gasteiger partial charge >= 0.3 is 6.18 Å². The summed E-state index contributed by atoms with van der Waals surface area (Å²) in [5.74, 6) is -0.529. The number of sulfonamides is 1. The first-order valence-corrected chi connectivity index (χ1v) is 10.1. The molecule has 0 radical (unpaired) electrons. The first-order valence-electron chi connectivity index (χ1n) is 8.23. The number of nitrogens with one attached hydrogen (secondary N) is 2. The maximum Gasteiger partial charge on any atom is 0.418 e. The second-order valence-electron chi connectivity index (χ2n) is 6.02. The Balaban J connectivity index is 2.38. The van der Waals surface area contributed by atoms with Gasteiger partial charge in [0, 0.05) is 24.2 Å². The predicted octanol–water partition coefficient (Wildman–Crippen LogP) is 3.84. The number of rotatable bonds is 7. The predicted molar refractivity (Wildman–Crippen MR) is 103 cm³/mol. The van der Waals surface area contributed by atoms with Crippen LogP contribution in [0.15, 0.2) is 41.3 Å². The van der Waals surface area contributed by atoms with Gasteiger partial charge in [0.1, 0.15) is 0 Å². The molecule has 0 spiro atoms. The van der Waals surface area contributed by atoms with Gasteiger partial charge in [-0.1, -0.05) is 17.7 Å². The molecule has 0 heterocycles. The molecule has 0 aliphatic rings. The quantitative estimate of drug-likeness (QED) is 0.628. The van der Waals surface area contributed by atoms with Crippen molar-refractivity contribution in [1.82, 2.24) is 5.32 Å². The van der Waals surface area contributed by atoms with Crippen LogP contribution in [-0.4, -0.2) is 34.6 Å². The van der Waals surface area contributed by atoms with Crippen molar-refractivity contribution in [1.29, 1.82) is 0 Å². The number of anilines is 1. The fraction of sp³-hybridized carbons (Fsp3) is 0.278. The minimum Gasteiger partial charge on any atom is -0.383 e. The van der Waals surface area contributed by atoms with Gasteiger partial charge in [-0.15, -0.1) is 0 Å². The van der Waals surface area contributed by atoms with E-state index < -0.39 is 33.4 Å². The maximum atomic E-state index is 13.2. The Labute approximate surface area is 171 Å². The summed E-state index contributed by atoms with van der Waals surface area (Å²) in [6, 6.07) is 6.39. The van der Waals surface area contributed by atoms with E-state index in [2.05, 4.69) is 5.32 Å². The topological polar surface area (TPSA) is 84.5 Å². The molecule has 0 aliphatic carbocycles. The number of benzene rings is 2. The molecular formula is C18H18ClF3N2O4S. The molecular weight excluding hydrogens is 433 g/mol. The monoisotopic (exact) mass is 450 g/mol. The summed E-state index contributed by atoms with van der Waals surface area (Å²) in [4.78, 5) is 11.9. The van der Waals surface area contributed by atoms with Crippen LogP contribution in [0, 0.1) is 6.92 Å². The largest absolute Gasteiger partial charge is 0.418 e. The molecule has 158 valence electrons. The lowest BCUT2D eigenvalue weighted by molar-refractivity contribution is -0.136. The average Bonchev–Trinajstić information content (AvgIpc) is 2.62. The molecule has 1 amide bonds. The van der Waals surface area contributed by atoms with Crippen molar-refractivity contribution in [3.05, 3.63) is 58.1 Å². The van der Waals surface area contributed by atoms with Gasteiger partial charge in [-0.25, -0.2) is 8.42 Å². The molecule has 0 saturated carbocycles. The van der Waals surface area contributed by atoms with Crippen molar-refractivity contribution in [3.8, 4) is 0 Å². The Kier molecular flexibility index (Phi) is 7.15. The molecule has 29 heavy (non-hydrogen) atoms. The smallest absolute Gasteiger partial charge is 0.383 e. The first kappa shape index (κ1) is 23.0. The van der Waals surface area contributed by atoms with E-state index in [9.17, 15) is 26.4 Å². The van der Waals surface area contributed by atoms with Crippen LogP contribution in [-0.2, 0) is 20.9 Å². The van der Waals surface area contributed by atoms with Crippen molar-refractivity contribution in [2.45, 2.75) is 18.0 Å². The number of alkyl halides is 3. The van der Waals surface area contributed by atoms with Crippen LogP contribution in [0.1, 0.15) is 21.5 Å². The number of hydrogen-bond donors (Lipinski definition) is 2. The van der Waals surface area contributed by atoms with E-state index in [1.165, 1.54) is 19.2 Å². The van der Waals surface area contributed by atoms with Gasteiger partial charge in [-0.05, 0) is 42.8 Å². The van der Waals surface area contributed by atoms with Gasteiger partial charge in [-0.2, -0.15) is 13.2 Å². The van der Waals surface area contributed by atoms with Crippen molar-refractivity contribution < 1.29 is 31.1 Å². The minimum absolute atomic E-state index is 0.0797. The van der Waals surface area contributed by atoms with E-state index in [1.54, 1.807) is 6.92 Å². The van der Waals surface area contributed by atoms with Crippen molar-refractivity contribution in [3.63, 3.8) is 0 Å². The van der Waals surface area contributed by atoms with Crippen molar-refractivity contribution >= 4 is 33.2 Å². The van der Waals surface area contributed by atoms with Gasteiger partial charge in [0.15, 0.2) is 0 Å². The Bertz CT molecular complexity index is 1010. The number of ether oxygens (including phenoxy) is 1. The SMILES string of the molecule is COCCNC(=O)c1cc(S(=O)(=O)Nc2ccc(Cl)cc2C(F)(F)F)ccc1C. The van der Waals surface area contributed by atoms with Crippen LogP contribution in [0.3, 0.4) is 0 Å². The Morgan fingerprint density at radius 1 is 1.17 bits per heavy atom. The molecule has 2 N–H and O–H groups in total. The number of carbonyl (C=O) groups excluding carboxylic acids is 1. The summed E-state index contributed by atoms with van der Waals surface area (Å²) in [6.45, 7) is 2.08. The van der Waals surface area contributed by atoms with Gasteiger partial charge in [0.25, 0.3) is 15.9 Å². The zero-order valence-corrected chi connectivity index (χ0v) is 17.0. The van der Waals surface area contributed by atoms with Crippen LogP contribution in [0.25, 0.3) is 0 Å². The average molecular weight is 451 g/mol. The lowest BCUT2D eigenvalue weighted by Crippen LogP contribution is -2.28. The molecule has 0 bridgehead atoms. The third-order valence-electron chi connectivity index (χ3n) is 3.89. The zero-order valence-electron chi connectivity index (χ0n) is 15.4. The minimum atomic E-state index is -4.82. The Morgan fingerprint density at radius 3 is 2.48 bits per heavy atom. The van der Waals surface area contributed by atoms with Crippen LogP contribution < -0.4 is 10.0 Å². The molecule has 0 atom stereocenters. The molecule has 11 heteroatoms. The number of halogens is 4. The highest BCUT2D eigenvalue weighted by molar-refractivity contribution is 7.92. The molecule has 0 aromatic heterocycles. The lowest BCUT2D eigenvalue weighted by atomic mass is 10.1. The summed E-state index contributed by atoms with van der Waals surface area (Å²) >= 11 is 5.61. The zero-order chi connectivity index (χ0) is 21.8. The van der Waals surface area contributed by atoms with E-state index >= 15 is 0 Å². The molecule has 0 unspecified atom stereocenters. The van der Waals surface area contributed by atoms with E-state index in [0.717, 1.165) is 18.2 Å². The third-order valence-corrected chi connectivity index (χ3v) is 5.49. The van der Waals surface area contributed by atoms with Gasteiger partial charge in [0.05, 0.1) is 22.8 Å². The highest BCUT2D eigenvalue weighted by Gasteiger charge is 2.35. The van der Waals surface area contributed by atoms with Gasteiger partial charge in [0.2, 0.25) is 0 Å². The van der Waals surface area contributed by atoms with Crippen LogP contribution >= 0.6 is 11.6 Å². The molecule has 2 aromatic rings. The van der Waals surface area contributed by atoms with Gasteiger partial charge < -0.3 is 10.1 Å². The lowest BCUT2D eigenvalue weighted by Gasteiger charge is -2.16. The summed E-state index contributed by atoms with van der Waals surface area (Å²) in [5, 5.41) is 2.37. The highest BCUT2D eigenvalue weighted by atomic mass is 35.5. The molecule has 2 aromatic carbocycles. The van der Waals surface area contributed by atoms with Gasteiger partial charge in [-0.3, -0.25) is 9.52 Å². The molecule has 0 saturated heterocycles. The number of amides is 1. The summed E-state index contributed by atoms with van der Waals surface area (Å²) in [6.07, 6.45) is -4.82. The maximum absolute atomic E-state index is 13.2. The Hall–Kier alpha value is -2.30. The molecule has 0 fully saturated rings. The van der Waals surface area contributed by atoms with E-state index in [-0.39, 0.29) is 28.6 Å². The highest BCUT2D eigenvalue weighted by Crippen LogP contribution is 2.37. The summed E-state index contributed by atoms with van der Waals surface area (Å²) in [7, 11) is -2.94. The second kappa shape index (κ2) is 9.02. The number of methoxy groups -OCH3 is 1. The Morgan fingerprint density at radius 2 is 1.86 bits per heavy atom. The van der Waals surface area contributed by atoms with E-state index in [1.807, 2.05) is 4.72 Å². The first-order chi connectivity index (χ1) is 13.5. The standard InChI is InChI=1S/C18H18ClF3N2O4S/c1-11-3-5-13(10-14(11)17(25)23-7-8-28-2)29(26,27)24-16-6-4-12(19)9-15(16)18(20,21)22/h3-6,9-10,24H,7-8H2,1-2H3,(H,23,25). The summed E-state index contributed by atoms with van der Waals surface area (Å²) < 4.78 is 71.7. The van der Waals surface area contributed by atoms with Crippen molar-refractivity contribution in [2.24, 2.45) is 0 Å². The van der Waals surface area contributed by atoms with E-state index in [0.29, 0.717) is 11.6 Å². The van der Waals surface area contributed by atoms with Crippen LogP contribution in [0.2, 0.25) is 5.02 Å².